The summed E-state index contributed by atoms with van der Waals surface area (Å²) in [5.41, 5.74) is 6.32. The van der Waals surface area contributed by atoms with E-state index in [1.165, 1.54) is 23.1 Å². The van der Waals surface area contributed by atoms with Crippen molar-refractivity contribution in [2.24, 2.45) is 11.7 Å². The Labute approximate surface area is 165 Å². The van der Waals surface area contributed by atoms with Crippen molar-refractivity contribution in [1.29, 1.82) is 0 Å². The molecule has 0 aromatic carbocycles. The van der Waals surface area contributed by atoms with Crippen molar-refractivity contribution >= 4 is 45.1 Å². The second kappa shape index (κ2) is 8.02. The number of aromatic nitrogens is 2. The van der Waals surface area contributed by atoms with Crippen molar-refractivity contribution in [1.82, 2.24) is 14.5 Å². The highest BCUT2D eigenvalue weighted by Crippen LogP contribution is 2.28. The fraction of sp³-hybridized carbons (Fsp3) is 0.556. The molecule has 7 nitrogen and oxygen atoms in total. The summed E-state index contributed by atoms with van der Waals surface area (Å²) < 4.78 is 1.63. The van der Waals surface area contributed by atoms with Crippen LogP contribution in [0.4, 0.5) is 0 Å². The third kappa shape index (κ3) is 3.89. The average molecular weight is 409 g/mol. The molecule has 0 spiro atoms. The summed E-state index contributed by atoms with van der Waals surface area (Å²) in [5, 5.41) is 1.24. The Morgan fingerprint density at radius 2 is 2.11 bits per heavy atom. The molecule has 0 radical (unpaired) electrons. The molecule has 3 rings (SSSR count). The molecular formula is C18H24N4O3S2. The Balaban J connectivity index is 1.79. The van der Waals surface area contributed by atoms with Crippen molar-refractivity contribution < 1.29 is 9.59 Å². The molecule has 1 atom stereocenters. The van der Waals surface area contributed by atoms with Gasteiger partial charge in [0.05, 0.1) is 17.1 Å². The highest BCUT2D eigenvalue weighted by molar-refractivity contribution is 7.99. The minimum Gasteiger partial charge on any atom is -0.369 e. The summed E-state index contributed by atoms with van der Waals surface area (Å²) >= 11 is 2.79. The van der Waals surface area contributed by atoms with Gasteiger partial charge in [0.15, 0.2) is 5.16 Å². The van der Waals surface area contributed by atoms with Crippen LogP contribution in [0.25, 0.3) is 10.2 Å². The van der Waals surface area contributed by atoms with E-state index in [4.69, 9.17) is 5.73 Å². The van der Waals surface area contributed by atoms with Gasteiger partial charge in [-0.1, -0.05) is 11.8 Å². The van der Waals surface area contributed by atoms with Crippen LogP contribution in [-0.4, -0.2) is 45.1 Å². The Bertz CT molecular complexity index is 950. The highest BCUT2D eigenvalue weighted by Gasteiger charge is 2.27. The summed E-state index contributed by atoms with van der Waals surface area (Å²) in [7, 11) is 0. The van der Waals surface area contributed by atoms with Gasteiger partial charge in [0.1, 0.15) is 4.83 Å². The molecule has 2 N–H and O–H groups in total. The fourth-order valence-corrected chi connectivity index (χ4v) is 5.39. The average Bonchev–Trinajstić information content (AvgIpc) is 2.94. The van der Waals surface area contributed by atoms with Gasteiger partial charge in [-0.25, -0.2) is 4.98 Å². The van der Waals surface area contributed by atoms with Gasteiger partial charge in [0, 0.05) is 24.5 Å². The second-order valence-electron chi connectivity index (χ2n) is 6.78. The lowest BCUT2D eigenvalue weighted by Gasteiger charge is -2.31. The lowest BCUT2D eigenvalue weighted by Crippen LogP contribution is -2.44. The van der Waals surface area contributed by atoms with Crippen molar-refractivity contribution in [3.8, 4) is 0 Å². The molecule has 9 heteroatoms. The molecule has 1 fully saturated rings. The van der Waals surface area contributed by atoms with E-state index in [0.29, 0.717) is 30.2 Å². The number of likely N-dealkylation sites (tertiary alicyclic amines) is 1. The maximum atomic E-state index is 12.8. The fourth-order valence-electron chi connectivity index (χ4n) is 3.35. The normalized spacial score (nSPS) is 17.4. The van der Waals surface area contributed by atoms with Crippen molar-refractivity contribution in [2.75, 3.05) is 18.8 Å². The number of carbonyl (C=O) groups excluding carboxylic acids is 2. The van der Waals surface area contributed by atoms with Crippen LogP contribution in [0, 0.1) is 19.8 Å². The third-order valence-corrected chi connectivity index (χ3v) is 7.13. The predicted molar refractivity (Wildman–Crippen MR) is 108 cm³/mol. The Morgan fingerprint density at radius 3 is 2.78 bits per heavy atom. The van der Waals surface area contributed by atoms with E-state index < -0.39 is 0 Å². The number of hydrogen-bond acceptors (Lipinski definition) is 6. The Morgan fingerprint density at radius 1 is 1.37 bits per heavy atom. The minimum absolute atomic E-state index is 0.0499. The molecule has 0 saturated carbocycles. The summed E-state index contributed by atoms with van der Waals surface area (Å²) in [4.78, 5) is 45.0. The number of piperidine rings is 1. The van der Waals surface area contributed by atoms with Crippen molar-refractivity contribution in [3.05, 3.63) is 20.8 Å². The minimum atomic E-state index is -0.351. The van der Waals surface area contributed by atoms with Gasteiger partial charge in [-0.05, 0) is 39.2 Å². The SMILES string of the molecule is CCn1c(SCC(=O)N2CCC[C@@H](C(N)=O)C2)nc2sc(C)c(C)c2c1=O. The second-order valence-corrected chi connectivity index (χ2v) is 8.92. The number of aryl methyl sites for hydroxylation is 2. The molecule has 27 heavy (non-hydrogen) atoms. The Hall–Kier alpha value is -1.87. The molecule has 2 aromatic rings. The topological polar surface area (TPSA) is 98.3 Å². The summed E-state index contributed by atoms with van der Waals surface area (Å²) in [6.45, 7) is 7.35. The van der Waals surface area contributed by atoms with Crippen LogP contribution in [0.3, 0.4) is 0 Å². The number of hydrogen-bond donors (Lipinski definition) is 1. The predicted octanol–water partition coefficient (Wildman–Crippen LogP) is 1.91. The van der Waals surface area contributed by atoms with E-state index in [0.717, 1.165) is 28.1 Å². The number of fused-ring (bicyclic) bond motifs is 1. The lowest BCUT2D eigenvalue weighted by molar-refractivity contribution is -0.132. The van der Waals surface area contributed by atoms with Crippen LogP contribution < -0.4 is 11.3 Å². The number of thiophene rings is 1. The molecule has 3 heterocycles. The largest absolute Gasteiger partial charge is 0.369 e. The van der Waals surface area contributed by atoms with Gasteiger partial charge in [-0.15, -0.1) is 11.3 Å². The molecule has 1 aliphatic rings. The maximum absolute atomic E-state index is 12.8. The summed E-state index contributed by atoms with van der Waals surface area (Å²) in [6, 6.07) is 0. The maximum Gasteiger partial charge on any atom is 0.263 e. The molecule has 1 aliphatic heterocycles. The molecular weight excluding hydrogens is 384 g/mol. The molecule has 146 valence electrons. The van der Waals surface area contributed by atoms with Gasteiger partial charge in [0.25, 0.3) is 5.56 Å². The number of nitrogens with two attached hydrogens (primary N) is 1. The molecule has 0 aliphatic carbocycles. The van der Waals surface area contributed by atoms with Crippen LogP contribution in [0.1, 0.15) is 30.2 Å². The molecule has 0 bridgehead atoms. The molecule has 0 unspecified atom stereocenters. The monoisotopic (exact) mass is 408 g/mol. The summed E-state index contributed by atoms with van der Waals surface area (Å²) in [5.74, 6) is -0.489. The smallest absolute Gasteiger partial charge is 0.263 e. The molecule has 2 amide bonds. The van der Waals surface area contributed by atoms with Gasteiger partial charge in [0.2, 0.25) is 11.8 Å². The first-order chi connectivity index (χ1) is 12.8. The first-order valence-corrected chi connectivity index (χ1v) is 10.8. The first-order valence-electron chi connectivity index (χ1n) is 9.03. The van der Waals surface area contributed by atoms with Crippen molar-refractivity contribution in [3.63, 3.8) is 0 Å². The number of carbonyl (C=O) groups is 2. The Kier molecular flexibility index (Phi) is 5.90. The zero-order valence-electron chi connectivity index (χ0n) is 15.8. The zero-order chi connectivity index (χ0) is 19.7. The van der Waals surface area contributed by atoms with Crippen LogP contribution >= 0.6 is 23.1 Å². The summed E-state index contributed by atoms with van der Waals surface area (Å²) in [6.07, 6.45) is 1.51. The lowest BCUT2D eigenvalue weighted by atomic mass is 9.97. The number of amides is 2. The number of thioether (sulfide) groups is 1. The van der Waals surface area contributed by atoms with Gasteiger partial charge in [-0.2, -0.15) is 0 Å². The molecule has 1 saturated heterocycles. The van der Waals surface area contributed by atoms with Gasteiger partial charge in [-0.3, -0.25) is 19.0 Å². The van der Waals surface area contributed by atoms with Gasteiger partial charge >= 0.3 is 0 Å². The van der Waals surface area contributed by atoms with Gasteiger partial charge < -0.3 is 10.6 Å². The number of rotatable bonds is 5. The van der Waals surface area contributed by atoms with Crippen LogP contribution in [0.2, 0.25) is 0 Å². The van der Waals surface area contributed by atoms with E-state index in [-0.39, 0.29) is 29.0 Å². The first kappa shape index (κ1) is 19.9. The number of nitrogens with zero attached hydrogens (tertiary/aromatic N) is 3. The van der Waals surface area contributed by atoms with E-state index in [1.807, 2.05) is 20.8 Å². The zero-order valence-corrected chi connectivity index (χ0v) is 17.4. The highest BCUT2D eigenvalue weighted by atomic mass is 32.2. The van der Waals surface area contributed by atoms with E-state index >= 15 is 0 Å². The number of primary amides is 1. The van der Waals surface area contributed by atoms with E-state index in [2.05, 4.69) is 4.98 Å². The van der Waals surface area contributed by atoms with Crippen LogP contribution in [0.15, 0.2) is 9.95 Å². The van der Waals surface area contributed by atoms with Crippen LogP contribution in [0.5, 0.6) is 0 Å². The van der Waals surface area contributed by atoms with E-state index in [9.17, 15) is 14.4 Å². The quantitative estimate of drug-likeness (QED) is 0.602. The third-order valence-electron chi connectivity index (χ3n) is 5.07. The standard InChI is InChI=1S/C18H24N4O3S2/c1-4-22-17(25)14-10(2)11(3)27-16(14)20-18(22)26-9-13(23)21-7-5-6-12(8-21)15(19)24/h12H,4-9H2,1-3H3,(H2,19,24)/t12-/m1/s1. The van der Waals surface area contributed by atoms with Crippen molar-refractivity contribution in [2.45, 2.75) is 45.3 Å². The molecule has 2 aromatic heterocycles. The van der Waals surface area contributed by atoms with E-state index in [1.54, 1.807) is 9.47 Å². The van der Waals surface area contributed by atoms with Crippen LogP contribution in [-0.2, 0) is 16.1 Å².